The van der Waals surface area contributed by atoms with E-state index in [1.54, 1.807) is 12.1 Å². The summed E-state index contributed by atoms with van der Waals surface area (Å²) in [5.74, 6) is 0.675. The zero-order valence-electron chi connectivity index (χ0n) is 9.61. The van der Waals surface area contributed by atoms with E-state index in [0.29, 0.717) is 6.54 Å². The molecule has 0 aliphatic carbocycles. The highest BCUT2D eigenvalue weighted by atomic mass is 32.1. The Hall–Kier alpha value is -1.49. The van der Waals surface area contributed by atoms with E-state index in [0.717, 1.165) is 29.4 Å². The molecule has 0 bridgehead atoms. The van der Waals surface area contributed by atoms with Crippen LogP contribution in [0, 0.1) is 5.82 Å². The summed E-state index contributed by atoms with van der Waals surface area (Å²) in [6.07, 6.45) is 1.96. The average Bonchev–Trinajstić information content (AvgIpc) is 2.77. The highest BCUT2D eigenvalue weighted by molar-refractivity contribution is 7.09. The monoisotopic (exact) mass is 251 g/mol. The first-order valence-electron chi connectivity index (χ1n) is 5.59. The van der Waals surface area contributed by atoms with Crippen LogP contribution in [0.2, 0.25) is 0 Å². The van der Waals surface area contributed by atoms with Gasteiger partial charge in [0.25, 0.3) is 0 Å². The molecule has 0 spiro atoms. The highest BCUT2D eigenvalue weighted by Crippen LogP contribution is 2.13. The molecule has 0 aliphatic heterocycles. The molecule has 2 aromatic rings. The number of halogens is 1. The van der Waals surface area contributed by atoms with E-state index in [2.05, 4.69) is 21.6 Å². The summed E-state index contributed by atoms with van der Waals surface area (Å²) in [5.41, 5.74) is 1.03. The van der Waals surface area contributed by atoms with E-state index >= 15 is 0 Å². The van der Waals surface area contributed by atoms with Gasteiger partial charge in [0, 0.05) is 24.5 Å². The van der Waals surface area contributed by atoms with Crippen molar-refractivity contribution in [3.8, 4) is 0 Å². The fourth-order valence-electron chi connectivity index (χ4n) is 1.43. The maximum atomic E-state index is 12.7. The van der Waals surface area contributed by atoms with Crippen LogP contribution in [0.25, 0.3) is 0 Å². The minimum atomic E-state index is -0.213. The van der Waals surface area contributed by atoms with Gasteiger partial charge in [-0.25, -0.2) is 9.37 Å². The third kappa shape index (κ3) is 3.49. The Labute approximate surface area is 104 Å². The first-order chi connectivity index (χ1) is 8.28. The van der Waals surface area contributed by atoms with Gasteiger partial charge in [0.05, 0.1) is 0 Å². The van der Waals surface area contributed by atoms with Crippen LogP contribution in [-0.2, 0) is 13.0 Å². The number of rotatable bonds is 5. The van der Waals surface area contributed by atoms with E-state index in [9.17, 15) is 4.39 Å². The number of hydrogen-bond donors (Lipinski definition) is 1. The first-order valence-corrected chi connectivity index (χ1v) is 6.36. The topological polar surface area (TPSA) is 37.8 Å². The standard InChI is InChI=1S/C12H14FN3S/c1-2-3-11-15-12(17-16-11)14-8-9-4-6-10(13)7-5-9/h4-7H,2-3,8H2,1H3,(H,14,15,16). The SMILES string of the molecule is CCCc1nsc(NCc2ccc(F)cc2)n1. The van der Waals surface area contributed by atoms with Crippen molar-refractivity contribution in [3.63, 3.8) is 0 Å². The third-order valence-electron chi connectivity index (χ3n) is 2.30. The van der Waals surface area contributed by atoms with Crippen molar-refractivity contribution in [2.45, 2.75) is 26.3 Å². The van der Waals surface area contributed by atoms with E-state index < -0.39 is 0 Å². The molecule has 0 saturated heterocycles. The van der Waals surface area contributed by atoms with Crippen molar-refractivity contribution >= 4 is 16.7 Å². The maximum absolute atomic E-state index is 12.7. The molecule has 1 aromatic heterocycles. The molecule has 1 aromatic carbocycles. The van der Waals surface area contributed by atoms with Crippen LogP contribution in [0.4, 0.5) is 9.52 Å². The van der Waals surface area contributed by atoms with Crippen LogP contribution in [0.15, 0.2) is 24.3 Å². The molecular formula is C12H14FN3S. The van der Waals surface area contributed by atoms with E-state index in [-0.39, 0.29) is 5.82 Å². The van der Waals surface area contributed by atoms with Gasteiger partial charge in [-0.05, 0) is 24.1 Å². The number of nitrogens with zero attached hydrogens (tertiary/aromatic N) is 2. The quantitative estimate of drug-likeness (QED) is 0.886. The summed E-state index contributed by atoms with van der Waals surface area (Å²) in [6.45, 7) is 2.74. The number of benzene rings is 1. The van der Waals surface area contributed by atoms with E-state index in [4.69, 9.17) is 0 Å². The second-order valence-electron chi connectivity index (χ2n) is 3.75. The fraction of sp³-hybridized carbons (Fsp3) is 0.333. The summed E-state index contributed by atoms with van der Waals surface area (Å²) in [7, 11) is 0. The minimum absolute atomic E-state index is 0.213. The molecule has 0 atom stereocenters. The van der Waals surface area contributed by atoms with Crippen LogP contribution >= 0.6 is 11.5 Å². The lowest BCUT2D eigenvalue weighted by atomic mass is 10.2. The van der Waals surface area contributed by atoms with Crippen molar-refractivity contribution in [2.24, 2.45) is 0 Å². The summed E-state index contributed by atoms with van der Waals surface area (Å²) in [5, 5.41) is 4.00. The zero-order valence-corrected chi connectivity index (χ0v) is 10.4. The molecular weight excluding hydrogens is 237 g/mol. The number of aryl methyl sites for hydroxylation is 1. The van der Waals surface area contributed by atoms with Gasteiger partial charge in [0.1, 0.15) is 11.6 Å². The Morgan fingerprint density at radius 1 is 1.29 bits per heavy atom. The summed E-state index contributed by atoms with van der Waals surface area (Å²) < 4.78 is 16.9. The van der Waals surface area contributed by atoms with Gasteiger partial charge in [-0.3, -0.25) is 0 Å². The van der Waals surface area contributed by atoms with Gasteiger partial charge in [0.2, 0.25) is 5.13 Å². The van der Waals surface area contributed by atoms with Gasteiger partial charge in [-0.2, -0.15) is 4.37 Å². The molecule has 0 fully saturated rings. The predicted octanol–water partition coefficient (Wildman–Crippen LogP) is 3.24. The van der Waals surface area contributed by atoms with Crippen molar-refractivity contribution in [3.05, 3.63) is 41.5 Å². The molecule has 0 aliphatic rings. The Balaban J connectivity index is 1.90. The molecule has 17 heavy (non-hydrogen) atoms. The van der Waals surface area contributed by atoms with Gasteiger partial charge in [0.15, 0.2) is 0 Å². The average molecular weight is 251 g/mol. The smallest absolute Gasteiger partial charge is 0.202 e. The van der Waals surface area contributed by atoms with Gasteiger partial charge in [-0.1, -0.05) is 19.1 Å². The molecule has 5 heteroatoms. The summed E-state index contributed by atoms with van der Waals surface area (Å²) >= 11 is 1.37. The second-order valence-corrected chi connectivity index (χ2v) is 4.50. The molecule has 0 unspecified atom stereocenters. The maximum Gasteiger partial charge on any atom is 0.202 e. The van der Waals surface area contributed by atoms with Crippen LogP contribution < -0.4 is 5.32 Å². The van der Waals surface area contributed by atoms with Crippen molar-refractivity contribution in [2.75, 3.05) is 5.32 Å². The van der Waals surface area contributed by atoms with Gasteiger partial charge < -0.3 is 5.32 Å². The molecule has 2 rings (SSSR count). The lowest BCUT2D eigenvalue weighted by Gasteiger charge is -2.01. The lowest BCUT2D eigenvalue weighted by molar-refractivity contribution is 0.627. The minimum Gasteiger partial charge on any atom is -0.356 e. The lowest BCUT2D eigenvalue weighted by Crippen LogP contribution is -1.99. The molecule has 3 nitrogen and oxygen atoms in total. The fourth-order valence-corrected chi connectivity index (χ4v) is 2.04. The Bertz CT molecular complexity index is 467. The van der Waals surface area contributed by atoms with E-state index in [1.165, 1.54) is 23.7 Å². The van der Waals surface area contributed by atoms with Crippen molar-refractivity contribution in [1.29, 1.82) is 0 Å². The van der Waals surface area contributed by atoms with Crippen LogP contribution in [0.1, 0.15) is 24.7 Å². The number of aromatic nitrogens is 2. The number of hydrogen-bond acceptors (Lipinski definition) is 4. The van der Waals surface area contributed by atoms with Gasteiger partial charge >= 0.3 is 0 Å². The molecule has 0 radical (unpaired) electrons. The summed E-state index contributed by atoms with van der Waals surface area (Å²) in [4.78, 5) is 4.35. The van der Waals surface area contributed by atoms with Crippen molar-refractivity contribution < 1.29 is 4.39 Å². The first kappa shape index (κ1) is 12.0. The Morgan fingerprint density at radius 3 is 2.76 bits per heavy atom. The molecule has 0 amide bonds. The van der Waals surface area contributed by atoms with Crippen LogP contribution in [0.3, 0.4) is 0 Å². The predicted molar refractivity (Wildman–Crippen MR) is 67.6 cm³/mol. The molecule has 90 valence electrons. The Kier molecular flexibility index (Phi) is 4.03. The molecule has 0 saturated carbocycles. The third-order valence-corrected chi connectivity index (χ3v) is 3.01. The highest BCUT2D eigenvalue weighted by Gasteiger charge is 2.02. The number of nitrogens with one attached hydrogen (secondary N) is 1. The summed E-state index contributed by atoms with van der Waals surface area (Å²) in [6, 6.07) is 6.44. The molecule has 1 heterocycles. The zero-order chi connectivity index (χ0) is 12.1. The largest absolute Gasteiger partial charge is 0.356 e. The molecule has 1 N–H and O–H groups in total. The normalized spacial score (nSPS) is 10.5. The number of anilines is 1. The van der Waals surface area contributed by atoms with E-state index in [1.807, 2.05) is 0 Å². The van der Waals surface area contributed by atoms with Crippen LogP contribution in [0.5, 0.6) is 0 Å². The van der Waals surface area contributed by atoms with Crippen molar-refractivity contribution in [1.82, 2.24) is 9.36 Å². The van der Waals surface area contributed by atoms with Crippen LogP contribution in [-0.4, -0.2) is 9.36 Å². The van der Waals surface area contributed by atoms with Gasteiger partial charge in [-0.15, -0.1) is 0 Å². The Morgan fingerprint density at radius 2 is 2.06 bits per heavy atom. The second kappa shape index (κ2) is 5.72.